The molecule has 0 radical (unpaired) electrons. The highest BCUT2D eigenvalue weighted by atomic mass is 16.2. The lowest BCUT2D eigenvalue weighted by Crippen LogP contribution is -2.38. The number of hydrogen-bond donors (Lipinski definition) is 1. The van der Waals surface area contributed by atoms with Crippen molar-refractivity contribution < 1.29 is 4.79 Å². The van der Waals surface area contributed by atoms with Gasteiger partial charge in [-0.2, -0.15) is 0 Å². The normalized spacial score (nSPS) is 11.8. The van der Waals surface area contributed by atoms with Gasteiger partial charge in [-0.25, -0.2) is 9.78 Å². The topological polar surface area (TPSA) is 86.0 Å². The quantitative estimate of drug-likeness (QED) is 0.924. The average Bonchev–Trinajstić information content (AvgIpc) is 2.51. The smallest absolute Gasteiger partial charge is 0.324 e. The molecule has 0 fully saturated rings. The maximum atomic E-state index is 12.7. The van der Waals surface area contributed by atoms with Crippen LogP contribution in [0.5, 0.6) is 0 Å². The molecule has 24 heavy (non-hydrogen) atoms. The van der Waals surface area contributed by atoms with E-state index in [-0.39, 0.29) is 16.9 Å². The molecule has 7 heteroatoms. The molecule has 0 unspecified atom stereocenters. The van der Waals surface area contributed by atoms with Gasteiger partial charge in [0, 0.05) is 25.7 Å². The summed E-state index contributed by atoms with van der Waals surface area (Å²) >= 11 is 0. The largest absolute Gasteiger partial charge is 0.332 e. The Morgan fingerprint density at radius 2 is 1.83 bits per heavy atom. The van der Waals surface area contributed by atoms with Crippen molar-refractivity contribution in [2.45, 2.75) is 40.5 Å². The molecule has 1 N–H and O–H groups in total. The van der Waals surface area contributed by atoms with Crippen molar-refractivity contribution >= 4 is 22.6 Å². The fourth-order valence-electron chi connectivity index (χ4n) is 2.47. The minimum absolute atomic E-state index is 0.191. The molecule has 0 aliphatic carbocycles. The Hall–Kier alpha value is -2.44. The number of amides is 1. The van der Waals surface area contributed by atoms with Gasteiger partial charge in [0.25, 0.3) is 5.56 Å². The van der Waals surface area contributed by atoms with Crippen LogP contribution in [0, 0.1) is 5.41 Å². The number of nitrogens with zero attached hydrogens (tertiary/aromatic N) is 3. The standard InChI is InChI=1S/C17H24N4O3/c1-7-8-10-9-18-13-11(12(10)19-15(23)17(2,3)4)14(22)21(6)16(24)20(13)5/h9H,7-8H2,1-6H3,(H,18,19,23). The summed E-state index contributed by atoms with van der Waals surface area (Å²) in [6.07, 6.45) is 3.15. The van der Waals surface area contributed by atoms with Gasteiger partial charge in [0.05, 0.1) is 5.69 Å². The molecule has 2 rings (SSSR count). The van der Waals surface area contributed by atoms with E-state index >= 15 is 0 Å². The predicted octanol–water partition coefficient (Wildman–Crippen LogP) is 1.57. The molecule has 2 aromatic heterocycles. The molecule has 1 amide bonds. The van der Waals surface area contributed by atoms with Crippen molar-refractivity contribution in [1.29, 1.82) is 0 Å². The van der Waals surface area contributed by atoms with Crippen molar-refractivity contribution in [2.24, 2.45) is 19.5 Å². The third kappa shape index (κ3) is 2.98. The SMILES string of the molecule is CCCc1cnc2c(c1NC(=O)C(C)(C)C)c(=O)n(C)c(=O)n2C. The Bertz CT molecular complexity index is 917. The second kappa shape index (κ2) is 6.22. The Morgan fingerprint density at radius 3 is 2.38 bits per heavy atom. The predicted molar refractivity (Wildman–Crippen MR) is 94.3 cm³/mol. The fourth-order valence-corrected chi connectivity index (χ4v) is 2.47. The molecule has 2 heterocycles. The first-order valence-electron chi connectivity index (χ1n) is 7.98. The van der Waals surface area contributed by atoms with Crippen molar-refractivity contribution in [1.82, 2.24) is 14.1 Å². The summed E-state index contributed by atoms with van der Waals surface area (Å²) in [5.74, 6) is -0.191. The Morgan fingerprint density at radius 1 is 1.21 bits per heavy atom. The second-order valence-electron chi connectivity index (χ2n) is 7.02. The van der Waals surface area contributed by atoms with E-state index in [0.717, 1.165) is 16.6 Å². The summed E-state index contributed by atoms with van der Waals surface area (Å²) in [7, 11) is 2.98. The number of rotatable bonds is 3. The Labute approximate surface area is 140 Å². The van der Waals surface area contributed by atoms with E-state index in [1.807, 2.05) is 6.92 Å². The minimum Gasteiger partial charge on any atom is -0.324 e. The van der Waals surface area contributed by atoms with Crippen LogP contribution in [0.4, 0.5) is 5.69 Å². The van der Waals surface area contributed by atoms with E-state index in [4.69, 9.17) is 0 Å². The highest BCUT2D eigenvalue weighted by Crippen LogP contribution is 2.26. The highest BCUT2D eigenvalue weighted by Gasteiger charge is 2.25. The molecular formula is C17H24N4O3. The van der Waals surface area contributed by atoms with Gasteiger partial charge in [-0.05, 0) is 12.0 Å². The summed E-state index contributed by atoms with van der Waals surface area (Å²) in [6.45, 7) is 7.43. The zero-order valence-corrected chi connectivity index (χ0v) is 15.1. The minimum atomic E-state index is -0.606. The van der Waals surface area contributed by atoms with Gasteiger partial charge >= 0.3 is 5.69 Å². The third-order valence-corrected chi connectivity index (χ3v) is 3.99. The van der Waals surface area contributed by atoms with Crippen LogP contribution in [0.1, 0.15) is 39.7 Å². The van der Waals surface area contributed by atoms with Crippen LogP contribution in [0.2, 0.25) is 0 Å². The lowest BCUT2D eigenvalue weighted by Gasteiger charge is -2.21. The molecule has 130 valence electrons. The van der Waals surface area contributed by atoms with Crippen molar-refractivity contribution in [3.8, 4) is 0 Å². The van der Waals surface area contributed by atoms with E-state index < -0.39 is 16.7 Å². The second-order valence-corrected chi connectivity index (χ2v) is 7.02. The molecule has 0 saturated carbocycles. The number of hydrogen-bond acceptors (Lipinski definition) is 4. The van der Waals surface area contributed by atoms with Gasteiger partial charge in [0.15, 0.2) is 5.65 Å². The molecule has 0 saturated heterocycles. The van der Waals surface area contributed by atoms with E-state index in [1.165, 1.54) is 11.6 Å². The molecule has 0 atom stereocenters. The van der Waals surface area contributed by atoms with Gasteiger partial charge in [-0.15, -0.1) is 0 Å². The number of carbonyl (C=O) groups is 1. The van der Waals surface area contributed by atoms with Gasteiger partial charge in [-0.3, -0.25) is 18.7 Å². The van der Waals surface area contributed by atoms with E-state index in [0.29, 0.717) is 12.1 Å². The number of fused-ring (bicyclic) bond motifs is 1. The van der Waals surface area contributed by atoms with Crippen LogP contribution in [-0.4, -0.2) is 20.0 Å². The number of anilines is 1. The van der Waals surface area contributed by atoms with Crippen LogP contribution < -0.4 is 16.6 Å². The van der Waals surface area contributed by atoms with Crippen molar-refractivity contribution in [3.05, 3.63) is 32.6 Å². The molecule has 0 aliphatic rings. The molecule has 0 aliphatic heterocycles. The van der Waals surface area contributed by atoms with Crippen molar-refractivity contribution in [3.63, 3.8) is 0 Å². The number of aryl methyl sites for hydroxylation is 2. The fraction of sp³-hybridized carbons (Fsp3) is 0.529. The average molecular weight is 332 g/mol. The molecule has 0 bridgehead atoms. The maximum absolute atomic E-state index is 12.7. The number of nitrogens with one attached hydrogen (secondary N) is 1. The van der Waals surface area contributed by atoms with E-state index in [2.05, 4.69) is 10.3 Å². The first-order chi connectivity index (χ1) is 11.1. The van der Waals surface area contributed by atoms with Gasteiger partial charge < -0.3 is 5.32 Å². The van der Waals surface area contributed by atoms with Crippen LogP contribution in [-0.2, 0) is 25.3 Å². The monoisotopic (exact) mass is 332 g/mol. The third-order valence-electron chi connectivity index (χ3n) is 3.99. The summed E-state index contributed by atoms with van der Waals surface area (Å²) in [5, 5.41) is 3.15. The van der Waals surface area contributed by atoms with Crippen LogP contribution >= 0.6 is 0 Å². The van der Waals surface area contributed by atoms with E-state index in [9.17, 15) is 14.4 Å². The molecule has 0 aromatic carbocycles. The van der Waals surface area contributed by atoms with Gasteiger partial charge in [-0.1, -0.05) is 34.1 Å². The zero-order valence-electron chi connectivity index (χ0n) is 15.1. The Kier molecular flexibility index (Phi) is 4.64. The first kappa shape index (κ1) is 17.9. The van der Waals surface area contributed by atoms with Gasteiger partial charge in [0.2, 0.25) is 5.91 Å². The maximum Gasteiger partial charge on any atom is 0.332 e. The van der Waals surface area contributed by atoms with Crippen LogP contribution in [0.15, 0.2) is 15.8 Å². The van der Waals surface area contributed by atoms with E-state index in [1.54, 1.807) is 34.0 Å². The summed E-state index contributed by atoms with van der Waals surface area (Å²) in [4.78, 5) is 41.5. The number of pyridine rings is 1. The zero-order chi connectivity index (χ0) is 18.2. The van der Waals surface area contributed by atoms with Crippen molar-refractivity contribution in [2.75, 3.05) is 5.32 Å². The number of aromatic nitrogens is 3. The molecular weight excluding hydrogens is 308 g/mol. The molecule has 0 spiro atoms. The lowest BCUT2D eigenvalue weighted by atomic mass is 9.95. The highest BCUT2D eigenvalue weighted by molar-refractivity contribution is 6.02. The number of carbonyl (C=O) groups excluding carboxylic acids is 1. The Balaban J connectivity index is 2.87. The first-order valence-corrected chi connectivity index (χ1v) is 7.98. The summed E-state index contributed by atoms with van der Waals surface area (Å²) in [6, 6.07) is 0. The summed E-state index contributed by atoms with van der Waals surface area (Å²) in [5.41, 5.74) is 0.00733. The molecule has 7 nitrogen and oxygen atoms in total. The van der Waals surface area contributed by atoms with Crippen LogP contribution in [0.3, 0.4) is 0 Å². The van der Waals surface area contributed by atoms with Gasteiger partial charge in [0.1, 0.15) is 5.39 Å². The molecule has 2 aromatic rings. The lowest BCUT2D eigenvalue weighted by molar-refractivity contribution is -0.123. The van der Waals surface area contributed by atoms with Crippen LogP contribution in [0.25, 0.3) is 11.0 Å². The summed E-state index contributed by atoms with van der Waals surface area (Å²) < 4.78 is 2.35.